The number of pyridine rings is 1. The van der Waals surface area contributed by atoms with Gasteiger partial charge in [0.25, 0.3) is 0 Å². The number of halogens is 1. The quantitative estimate of drug-likeness (QED) is 0.390. The summed E-state index contributed by atoms with van der Waals surface area (Å²) < 4.78 is 38.8. The molecular formula is C25H26ClN3O4S. The fraction of sp³-hybridized carbons (Fsp3) is 0.240. The number of furan rings is 1. The van der Waals surface area contributed by atoms with Crippen LogP contribution in [0.25, 0.3) is 22.1 Å². The Morgan fingerprint density at radius 3 is 2.53 bits per heavy atom. The Labute approximate surface area is 205 Å². The maximum atomic E-state index is 13.0. The van der Waals surface area contributed by atoms with E-state index in [1.54, 1.807) is 30.5 Å². The highest BCUT2D eigenvalue weighted by Gasteiger charge is 2.29. The lowest BCUT2D eigenvalue weighted by Gasteiger charge is -2.33. The molecule has 1 aliphatic heterocycles. The second kappa shape index (κ2) is 10.1. The van der Waals surface area contributed by atoms with Gasteiger partial charge in [0, 0.05) is 55.6 Å². The Bertz CT molecular complexity index is 1370. The first-order chi connectivity index (χ1) is 16.0. The second-order valence-electron chi connectivity index (χ2n) is 8.07. The van der Waals surface area contributed by atoms with Crippen molar-refractivity contribution in [3.63, 3.8) is 0 Å². The number of rotatable bonds is 6. The normalized spacial score (nSPS) is 15.2. The number of aromatic nitrogens is 1. The molecule has 34 heavy (non-hydrogen) atoms. The van der Waals surface area contributed by atoms with Gasteiger partial charge in [-0.05, 0) is 42.0 Å². The Kier molecular flexibility index (Phi) is 7.23. The monoisotopic (exact) mass is 499 g/mol. The maximum absolute atomic E-state index is 13.0. The zero-order valence-electron chi connectivity index (χ0n) is 18.8. The maximum Gasteiger partial charge on any atom is 0.243 e. The van der Waals surface area contributed by atoms with Crippen LogP contribution >= 0.6 is 12.4 Å². The molecule has 4 aromatic rings. The van der Waals surface area contributed by atoms with Crippen molar-refractivity contribution in [2.24, 2.45) is 0 Å². The van der Waals surface area contributed by atoms with Crippen LogP contribution in [0.15, 0.2) is 82.4 Å². The molecule has 1 aliphatic rings. The summed E-state index contributed by atoms with van der Waals surface area (Å²) in [7, 11) is -2.01. The predicted molar refractivity (Wildman–Crippen MR) is 134 cm³/mol. The number of piperazine rings is 1. The Balaban J connectivity index is 0.00000274. The summed E-state index contributed by atoms with van der Waals surface area (Å²) in [5.41, 5.74) is 3.01. The molecule has 3 heterocycles. The lowest BCUT2D eigenvalue weighted by atomic mass is 10.1. The lowest BCUT2D eigenvalue weighted by molar-refractivity contribution is 0.172. The summed E-state index contributed by atoms with van der Waals surface area (Å²) >= 11 is 0. The molecule has 2 aromatic heterocycles. The van der Waals surface area contributed by atoms with Crippen LogP contribution < -0.4 is 4.74 Å². The van der Waals surface area contributed by atoms with E-state index in [1.807, 2.05) is 30.5 Å². The average Bonchev–Trinajstić information content (AvgIpc) is 3.26. The molecule has 5 rings (SSSR count). The fourth-order valence-electron chi connectivity index (χ4n) is 4.15. The Morgan fingerprint density at radius 2 is 1.79 bits per heavy atom. The van der Waals surface area contributed by atoms with Crippen molar-refractivity contribution in [3.05, 3.63) is 78.8 Å². The molecule has 0 aliphatic carbocycles. The number of hydrogen-bond acceptors (Lipinski definition) is 6. The van der Waals surface area contributed by atoms with Crippen molar-refractivity contribution in [2.45, 2.75) is 11.4 Å². The summed E-state index contributed by atoms with van der Waals surface area (Å²) in [5, 5.41) is 1.05. The van der Waals surface area contributed by atoms with Crippen LogP contribution in [0.1, 0.15) is 5.76 Å². The summed E-state index contributed by atoms with van der Waals surface area (Å²) in [5.74, 6) is 1.41. The van der Waals surface area contributed by atoms with E-state index in [0.29, 0.717) is 38.5 Å². The minimum atomic E-state index is -3.54. The topological polar surface area (TPSA) is 75.9 Å². The number of fused-ring (bicyclic) bond motifs is 1. The summed E-state index contributed by atoms with van der Waals surface area (Å²) in [4.78, 5) is 6.67. The molecule has 0 atom stereocenters. The van der Waals surface area contributed by atoms with Crippen LogP contribution in [-0.2, 0) is 16.6 Å². The SMILES string of the molecule is COc1cccc(S(=O)(=O)N2CCN(Cc3cc4cc(-c5cccnc5)ccc4o3)CC2)c1.Cl. The highest BCUT2D eigenvalue weighted by molar-refractivity contribution is 7.89. The molecule has 2 aromatic carbocycles. The van der Waals surface area contributed by atoms with Crippen molar-refractivity contribution in [1.29, 1.82) is 0 Å². The van der Waals surface area contributed by atoms with E-state index in [9.17, 15) is 8.42 Å². The highest BCUT2D eigenvalue weighted by Crippen LogP contribution is 2.27. The van der Waals surface area contributed by atoms with E-state index in [2.05, 4.69) is 22.0 Å². The van der Waals surface area contributed by atoms with Gasteiger partial charge in [0.2, 0.25) is 10.0 Å². The van der Waals surface area contributed by atoms with Gasteiger partial charge in [0.15, 0.2) is 0 Å². The molecule has 7 nitrogen and oxygen atoms in total. The number of hydrogen-bond donors (Lipinski definition) is 0. The van der Waals surface area contributed by atoms with Crippen LogP contribution in [-0.4, -0.2) is 55.9 Å². The number of ether oxygens (including phenoxy) is 1. The van der Waals surface area contributed by atoms with Gasteiger partial charge < -0.3 is 9.15 Å². The van der Waals surface area contributed by atoms with E-state index >= 15 is 0 Å². The number of sulfonamides is 1. The van der Waals surface area contributed by atoms with Crippen LogP contribution in [0, 0.1) is 0 Å². The largest absolute Gasteiger partial charge is 0.497 e. The first-order valence-electron chi connectivity index (χ1n) is 10.8. The van der Waals surface area contributed by atoms with Gasteiger partial charge in [-0.3, -0.25) is 9.88 Å². The molecule has 0 spiro atoms. The Hall–Kier alpha value is -2.91. The van der Waals surface area contributed by atoms with E-state index in [1.165, 1.54) is 11.4 Å². The van der Waals surface area contributed by atoms with Crippen molar-refractivity contribution in [1.82, 2.24) is 14.2 Å². The minimum Gasteiger partial charge on any atom is -0.497 e. The van der Waals surface area contributed by atoms with Gasteiger partial charge in [0.05, 0.1) is 18.6 Å². The average molecular weight is 500 g/mol. The first kappa shape index (κ1) is 24.2. The van der Waals surface area contributed by atoms with Crippen LogP contribution in [0.2, 0.25) is 0 Å². The zero-order valence-corrected chi connectivity index (χ0v) is 20.4. The standard InChI is InChI=1S/C25H25N3O4S.ClH/c1-31-22-5-2-6-24(16-22)33(29,30)28-12-10-27(11-13-28)18-23-15-21-14-19(7-8-25(21)32-23)20-4-3-9-26-17-20;/h2-9,14-17H,10-13,18H2,1H3;1H. The predicted octanol–water partition coefficient (Wildman–Crippen LogP) is 4.43. The smallest absolute Gasteiger partial charge is 0.243 e. The number of benzene rings is 2. The molecule has 0 radical (unpaired) electrons. The number of nitrogens with zero attached hydrogens (tertiary/aromatic N) is 3. The van der Waals surface area contributed by atoms with E-state index in [4.69, 9.17) is 9.15 Å². The number of methoxy groups -OCH3 is 1. The molecule has 0 unspecified atom stereocenters. The fourth-order valence-corrected chi connectivity index (χ4v) is 5.61. The molecule has 178 valence electrons. The van der Waals surface area contributed by atoms with Gasteiger partial charge in [-0.15, -0.1) is 12.4 Å². The van der Waals surface area contributed by atoms with E-state index in [0.717, 1.165) is 27.9 Å². The van der Waals surface area contributed by atoms with Crippen LogP contribution in [0.3, 0.4) is 0 Å². The molecular weight excluding hydrogens is 474 g/mol. The molecule has 1 saturated heterocycles. The molecule has 0 amide bonds. The highest BCUT2D eigenvalue weighted by atomic mass is 35.5. The lowest BCUT2D eigenvalue weighted by Crippen LogP contribution is -2.48. The van der Waals surface area contributed by atoms with Crippen molar-refractivity contribution >= 4 is 33.4 Å². The second-order valence-corrected chi connectivity index (χ2v) is 10.0. The van der Waals surface area contributed by atoms with Crippen LogP contribution in [0.4, 0.5) is 0 Å². The summed E-state index contributed by atoms with van der Waals surface area (Å²) in [6.45, 7) is 2.79. The third kappa shape index (κ3) is 4.95. The minimum absolute atomic E-state index is 0. The van der Waals surface area contributed by atoms with Gasteiger partial charge in [-0.25, -0.2) is 8.42 Å². The molecule has 9 heteroatoms. The van der Waals surface area contributed by atoms with Gasteiger partial charge >= 0.3 is 0 Å². The zero-order chi connectivity index (χ0) is 22.8. The van der Waals surface area contributed by atoms with Crippen LogP contribution in [0.5, 0.6) is 5.75 Å². The third-order valence-corrected chi connectivity index (χ3v) is 7.85. The van der Waals surface area contributed by atoms with Crippen molar-refractivity contribution < 1.29 is 17.6 Å². The molecule has 1 fully saturated rings. The van der Waals surface area contributed by atoms with E-state index in [-0.39, 0.29) is 17.3 Å². The van der Waals surface area contributed by atoms with E-state index < -0.39 is 10.0 Å². The van der Waals surface area contributed by atoms with Gasteiger partial charge in [-0.2, -0.15) is 4.31 Å². The summed E-state index contributed by atoms with van der Waals surface area (Å²) in [6.07, 6.45) is 3.61. The van der Waals surface area contributed by atoms with Crippen molar-refractivity contribution in [3.8, 4) is 16.9 Å². The van der Waals surface area contributed by atoms with Crippen molar-refractivity contribution in [2.75, 3.05) is 33.3 Å². The van der Waals surface area contributed by atoms with Gasteiger partial charge in [0.1, 0.15) is 17.1 Å². The third-order valence-electron chi connectivity index (χ3n) is 5.95. The molecule has 0 N–H and O–H groups in total. The first-order valence-corrected chi connectivity index (χ1v) is 12.3. The molecule has 0 bridgehead atoms. The summed E-state index contributed by atoms with van der Waals surface area (Å²) in [6, 6.07) is 18.8. The Morgan fingerprint density at radius 1 is 0.971 bits per heavy atom. The molecule has 0 saturated carbocycles. The van der Waals surface area contributed by atoms with Gasteiger partial charge in [-0.1, -0.05) is 18.2 Å².